The summed E-state index contributed by atoms with van der Waals surface area (Å²) in [5, 5.41) is 15.6. The third-order valence-electron chi connectivity index (χ3n) is 2.88. The predicted molar refractivity (Wildman–Crippen MR) is 72.3 cm³/mol. The molecule has 108 valence electrons. The monoisotopic (exact) mass is 299 g/mol. The van der Waals surface area contributed by atoms with Gasteiger partial charge in [-0.2, -0.15) is 0 Å². The summed E-state index contributed by atoms with van der Waals surface area (Å²) in [6.07, 6.45) is 0.380. The largest absolute Gasteiger partial charge is 0.334 e. The number of benzene rings is 1. The van der Waals surface area contributed by atoms with Gasteiger partial charge in [-0.25, -0.2) is 13.2 Å². The van der Waals surface area contributed by atoms with Gasteiger partial charge in [-0.15, -0.1) is 0 Å². The maximum atomic E-state index is 11.7. The van der Waals surface area contributed by atoms with Crippen molar-refractivity contribution in [2.24, 2.45) is 0 Å². The topological polar surface area (TPSA) is 118 Å². The maximum Gasteiger partial charge on any atom is 0.319 e. The van der Waals surface area contributed by atoms with Crippen molar-refractivity contribution in [1.82, 2.24) is 5.32 Å². The summed E-state index contributed by atoms with van der Waals surface area (Å²) in [6, 6.07) is 4.51. The fourth-order valence-electron chi connectivity index (χ4n) is 1.96. The molecule has 1 fully saturated rings. The Balaban J connectivity index is 1.95. The van der Waals surface area contributed by atoms with E-state index in [4.69, 9.17) is 0 Å². The van der Waals surface area contributed by atoms with Gasteiger partial charge < -0.3 is 10.6 Å². The molecule has 0 radical (unpaired) electrons. The van der Waals surface area contributed by atoms with Gasteiger partial charge in [0.25, 0.3) is 5.69 Å². The van der Waals surface area contributed by atoms with Crippen LogP contribution in [0.1, 0.15) is 6.42 Å². The summed E-state index contributed by atoms with van der Waals surface area (Å²) in [5.74, 6) is -0.00981. The average Bonchev–Trinajstić information content (AvgIpc) is 2.68. The summed E-state index contributed by atoms with van der Waals surface area (Å²) in [5.41, 5.74) is 0.142. The van der Waals surface area contributed by atoms with E-state index in [0.717, 1.165) is 0 Å². The second-order valence-corrected chi connectivity index (χ2v) is 6.73. The van der Waals surface area contributed by atoms with Crippen LogP contribution in [-0.2, 0) is 9.84 Å². The molecule has 1 atom stereocenters. The number of carbonyl (C=O) groups excluding carboxylic acids is 1. The van der Waals surface area contributed by atoms with E-state index in [-0.39, 0.29) is 22.9 Å². The number of hydrogen-bond donors (Lipinski definition) is 2. The molecular weight excluding hydrogens is 286 g/mol. The number of sulfone groups is 1. The van der Waals surface area contributed by atoms with E-state index in [1.807, 2.05) is 0 Å². The van der Waals surface area contributed by atoms with Crippen LogP contribution in [0.25, 0.3) is 0 Å². The number of amides is 2. The van der Waals surface area contributed by atoms with Crippen molar-refractivity contribution in [3.8, 4) is 0 Å². The summed E-state index contributed by atoms with van der Waals surface area (Å²) in [4.78, 5) is 21.7. The highest BCUT2D eigenvalue weighted by Crippen LogP contribution is 2.17. The van der Waals surface area contributed by atoms with E-state index >= 15 is 0 Å². The quantitative estimate of drug-likeness (QED) is 0.635. The zero-order valence-electron chi connectivity index (χ0n) is 10.4. The summed E-state index contributed by atoms with van der Waals surface area (Å²) in [6.45, 7) is 0. The zero-order chi connectivity index (χ0) is 14.8. The number of nitrogens with one attached hydrogen (secondary N) is 2. The van der Waals surface area contributed by atoms with E-state index in [9.17, 15) is 23.3 Å². The minimum absolute atomic E-state index is 0.0642. The van der Waals surface area contributed by atoms with Gasteiger partial charge in [0.05, 0.1) is 16.4 Å². The molecule has 0 bridgehead atoms. The lowest BCUT2D eigenvalue weighted by Crippen LogP contribution is -2.38. The Bertz CT molecular complexity index is 643. The van der Waals surface area contributed by atoms with Crippen LogP contribution in [0.5, 0.6) is 0 Å². The molecule has 2 N–H and O–H groups in total. The molecule has 2 rings (SSSR count). The highest BCUT2D eigenvalue weighted by molar-refractivity contribution is 7.91. The number of nitro groups is 1. The molecule has 1 aromatic rings. The Morgan fingerprint density at radius 1 is 1.40 bits per heavy atom. The maximum absolute atomic E-state index is 11.7. The van der Waals surface area contributed by atoms with Gasteiger partial charge in [0.1, 0.15) is 0 Å². The standard InChI is InChI=1S/C11H13N3O5S/c15-11(13-9-4-5-20(18,19)7-9)12-8-2-1-3-10(6-8)14(16)17/h1-3,6,9H,4-5,7H2,(H2,12,13,15)/t9-/m0/s1. The Morgan fingerprint density at radius 2 is 2.15 bits per heavy atom. The highest BCUT2D eigenvalue weighted by Gasteiger charge is 2.28. The second-order valence-electron chi connectivity index (χ2n) is 4.51. The number of nitrogens with zero attached hydrogens (tertiary/aromatic N) is 1. The van der Waals surface area contributed by atoms with Crippen molar-refractivity contribution < 1.29 is 18.1 Å². The van der Waals surface area contributed by atoms with Crippen molar-refractivity contribution in [2.75, 3.05) is 16.8 Å². The molecule has 1 aliphatic rings. The molecule has 0 saturated carbocycles. The Hall–Kier alpha value is -2.16. The molecule has 9 heteroatoms. The van der Waals surface area contributed by atoms with Crippen molar-refractivity contribution in [2.45, 2.75) is 12.5 Å². The first-order valence-corrected chi connectivity index (χ1v) is 7.70. The lowest BCUT2D eigenvalue weighted by molar-refractivity contribution is -0.384. The van der Waals surface area contributed by atoms with E-state index in [1.165, 1.54) is 24.3 Å². The number of hydrogen-bond acceptors (Lipinski definition) is 5. The van der Waals surface area contributed by atoms with Gasteiger partial charge in [0.2, 0.25) is 0 Å². The normalized spacial score (nSPS) is 20.3. The van der Waals surface area contributed by atoms with E-state index in [1.54, 1.807) is 0 Å². The van der Waals surface area contributed by atoms with Crippen molar-refractivity contribution >= 4 is 27.2 Å². The van der Waals surface area contributed by atoms with Crippen molar-refractivity contribution in [3.63, 3.8) is 0 Å². The summed E-state index contributed by atoms with van der Waals surface area (Å²) in [7, 11) is -3.06. The van der Waals surface area contributed by atoms with Crippen LogP contribution in [-0.4, -0.2) is 36.9 Å². The molecule has 1 aromatic carbocycles. The Morgan fingerprint density at radius 3 is 2.75 bits per heavy atom. The van der Waals surface area contributed by atoms with E-state index in [0.29, 0.717) is 6.42 Å². The number of non-ortho nitro benzene ring substituents is 1. The van der Waals surface area contributed by atoms with Crippen molar-refractivity contribution in [1.29, 1.82) is 0 Å². The van der Waals surface area contributed by atoms with Crippen LogP contribution in [0.2, 0.25) is 0 Å². The third-order valence-corrected chi connectivity index (χ3v) is 4.65. The predicted octanol–water partition coefficient (Wildman–Crippen LogP) is 0.903. The van der Waals surface area contributed by atoms with Gasteiger partial charge in [0, 0.05) is 23.9 Å². The number of anilines is 1. The van der Waals surface area contributed by atoms with Crippen molar-refractivity contribution in [3.05, 3.63) is 34.4 Å². The van der Waals surface area contributed by atoms with Gasteiger partial charge in [-0.3, -0.25) is 10.1 Å². The van der Waals surface area contributed by atoms with E-state index < -0.39 is 26.8 Å². The first-order chi connectivity index (χ1) is 9.35. The molecule has 0 aliphatic carbocycles. The molecule has 1 saturated heterocycles. The van der Waals surface area contributed by atoms with Crippen LogP contribution in [0.4, 0.5) is 16.2 Å². The molecule has 0 aromatic heterocycles. The fourth-order valence-corrected chi connectivity index (χ4v) is 3.63. The summed E-state index contributed by atoms with van der Waals surface area (Å²) >= 11 is 0. The zero-order valence-corrected chi connectivity index (χ0v) is 11.2. The van der Waals surface area contributed by atoms with Gasteiger partial charge in [0.15, 0.2) is 9.84 Å². The highest BCUT2D eigenvalue weighted by atomic mass is 32.2. The van der Waals surface area contributed by atoms with Crippen LogP contribution < -0.4 is 10.6 Å². The number of rotatable bonds is 3. The molecule has 1 aliphatic heterocycles. The molecule has 0 spiro atoms. The number of urea groups is 1. The molecular formula is C11H13N3O5S. The van der Waals surface area contributed by atoms with Gasteiger partial charge >= 0.3 is 6.03 Å². The van der Waals surface area contributed by atoms with Crippen LogP contribution in [0.15, 0.2) is 24.3 Å². The minimum atomic E-state index is -3.06. The molecule has 2 amide bonds. The molecule has 20 heavy (non-hydrogen) atoms. The molecule has 8 nitrogen and oxygen atoms in total. The lowest BCUT2D eigenvalue weighted by Gasteiger charge is -2.11. The van der Waals surface area contributed by atoms with Crippen LogP contribution in [0, 0.1) is 10.1 Å². The number of nitro benzene ring substituents is 1. The first kappa shape index (κ1) is 14.3. The molecule has 1 heterocycles. The van der Waals surface area contributed by atoms with E-state index in [2.05, 4.69) is 10.6 Å². The smallest absolute Gasteiger partial charge is 0.319 e. The van der Waals surface area contributed by atoms with Gasteiger partial charge in [-0.1, -0.05) is 6.07 Å². The van der Waals surface area contributed by atoms with Crippen LogP contribution in [0.3, 0.4) is 0 Å². The first-order valence-electron chi connectivity index (χ1n) is 5.88. The minimum Gasteiger partial charge on any atom is -0.334 e. The average molecular weight is 299 g/mol. The lowest BCUT2D eigenvalue weighted by atomic mass is 10.2. The molecule has 0 unspecified atom stereocenters. The van der Waals surface area contributed by atoms with Crippen LogP contribution >= 0.6 is 0 Å². The Kier molecular flexibility index (Phi) is 3.89. The third kappa shape index (κ3) is 3.67. The Labute approximate surface area is 115 Å². The second kappa shape index (κ2) is 5.45. The number of carbonyl (C=O) groups is 1. The fraction of sp³-hybridized carbons (Fsp3) is 0.364. The SMILES string of the molecule is O=C(Nc1cccc([N+](=O)[O-])c1)N[C@H]1CCS(=O)(=O)C1. The summed E-state index contributed by atoms with van der Waals surface area (Å²) < 4.78 is 22.5. The van der Waals surface area contributed by atoms with Gasteiger partial charge in [-0.05, 0) is 12.5 Å².